The van der Waals surface area contributed by atoms with E-state index in [0.717, 1.165) is 5.56 Å². The summed E-state index contributed by atoms with van der Waals surface area (Å²) in [5.41, 5.74) is 6.96. The van der Waals surface area contributed by atoms with Crippen LogP contribution >= 0.6 is 11.6 Å². The van der Waals surface area contributed by atoms with Crippen LogP contribution in [0.25, 0.3) is 0 Å². The monoisotopic (exact) mass is 241 g/mol. The molecule has 1 saturated heterocycles. The maximum absolute atomic E-state index is 5.96. The van der Waals surface area contributed by atoms with Crippen LogP contribution in [0.4, 0.5) is 0 Å². The Morgan fingerprint density at radius 1 is 1.50 bits per heavy atom. The maximum Gasteiger partial charge on any atom is 0.105 e. The highest BCUT2D eigenvalue weighted by molar-refractivity contribution is 6.30. The van der Waals surface area contributed by atoms with Crippen molar-refractivity contribution in [2.24, 2.45) is 5.73 Å². The zero-order valence-electron chi connectivity index (χ0n) is 9.23. The molecule has 1 aliphatic heterocycles. The minimum atomic E-state index is -0.118. The van der Waals surface area contributed by atoms with E-state index >= 15 is 0 Å². The number of ether oxygens (including phenoxy) is 2. The second-order valence-corrected chi connectivity index (χ2v) is 4.57. The van der Waals surface area contributed by atoms with Crippen molar-refractivity contribution in [3.8, 4) is 0 Å². The van der Waals surface area contributed by atoms with Gasteiger partial charge in [-0.05, 0) is 24.6 Å². The van der Waals surface area contributed by atoms with Crippen LogP contribution < -0.4 is 5.73 Å². The van der Waals surface area contributed by atoms with Gasteiger partial charge in [0.25, 0.3) is 0 Å². The van der Waals surface area contributed by atoms with E-state index < -0.39 is 0 Å². The third kappa shape index (κ3) is 2.74. The highest BCUT2D eigenvalue weighted by atomic mass is 35.5. The molecule has 1 aromatic rings. The number of hydrogen-bond acceptors (Lipinski definition) is 3. The van der Waals surface area contributed by atoms with E-state index in [4.69, 9.17) is 26.8 Å². The van der Waals surface area contributed by atoms with E-state index in [1.165, 1.54) is 0 Å². The molecule has 2 rings (SSSR count). The predicted molar refractivity (Wildman–Crippen MR) is 63.5 cm³/mol. The highest BCUT2D eigenvalue weighted by Gasteiger charge is 2.26. The number of benzene rings is 1. The van der Waals surface area contributed by atoms with Crippen LogP contribution in [-0.4, -0.2) is 25.4 Å². The van der Waals surface area contributed by atoms with E-state index in [-0.39, 0.29) is 18.2 Å². The molecular formula is C12H16ClNO2. The van der Waals surface area contributed by atoms with Gasteiger partial charge in [0, 0.05) is 11.1 Å². The molecule has 2 N–H and O–H groups in total. The summed E-state index contributed by atoms with van der Waals surface area (Å²) in [6, 6.07) is 7.57. The second-order valence-electron chi connectivity index (χ2n) is 4.13. The molecule has 1 aliphatic rings. The lowest BCUT2D eigenvalue weighted by Crippen LogP contribution is -2.40. The molecule has 88 valence electrons. The lowest BCUT2D eigenvalue weighted by Gasteiger charge is -2.32. The molecule has 0 aliphatic carbocycles. The van der Waals surface area contributed by atoms with E-state index in [0.29, 0.717) is 18.2 Å². The van der Waals surface area contributed by atoms with Crippen LogP contribution in [0.1, 0.15) is 18.6 Å². The Balaban J connectivity index is 2.11. The zero-order chi connectivity index (χ0) is 11.5. The highest BCUT2D eigenvalue weighted by Crippen LogP contribution is 2.26. The van der Waals surface area contributed by atoms with E-state index in [1.54, 1.807) is 0 Å². The summed E-state index contributed by atoms with van der Waals surface area (Å²) in [5, 5.41) is 0.705. The SMILES string of the molecule is CC(N)C(OC1COC1)c1cccc(Cl)c1. The van der Waals surface area contributed by atoms with Crippen LogP contribution in [0.5, 0.6) is 0 Å². The quantitative estimate of drug-likeness (QED) is 0.879. The first kappa shape index (κ1) is 11.9. The van der Waals surface area contributed by atoms with Gasteiger partial charge in [0.1, 0.15) is 6.10 Å². The molecule has 0 aromatic heterocycles. The average molecular weight is 242 g/mol. The van der Waals surface area contributed by atoms with Gasteiger partial charge in [-0.25, -0.2) is 0 Å². The molecule has 1 fully saturated rings. The predicted octanol–water partition coefficient (Wildman–Crippen LogP) is 2.14. The number of hydrogen-bond donors (Lipinski definition) is 1. The third-order valence-electron chi connectivity index (χ3n) is 2.60. The number of nitrogens with two attached hydrogens (primary N) is 1. The van der Waals surface area contributed by atoms with Crippen LogP contribution in [0.3, 0.4) is 0 Å². The van der Waals surface area contributed by atoms with Gasteiger partial charge in [-0.3, -0.25) is 0 Å². The largest absolute Gasteiger partial charge is 0.376 e. The first-order chi connectivity index (χ1) is 7.66. The topological polar surface area (TPSA) is 44.5 Å². The van der Waals surface area contributed by atoms with Crippen molar-refractivity contribution >= 4 is 11.6 Å². The van der Waals surface area contributed by atoms with E-state index in [1.807, 2.05) is 31.2 Å². The van der Waals surface area contributed by atoms with Crippen LogP contribution in [0.15, 0.2) is 24.3 Å². The van der Waals surface area contributed by atoms with E-state index in [9.17, 15) is 0 Å². The lowest BCUT2D eigenvalue weighted by molar-refractivity contribution is -0.159. The Hall–Kier alpha value is -0.610. The van der Waals surface area contributed by atoms with Gasteiger partial charge in [0.05, 0.1) is 19.3 Å². The molecule has 0 bridgehead atoms. The molecule has 0 amide bonds. The molecule has 0 spiro atoms. The first-order valence-corrected chi connectivity index (χ1v) is 5.79. The molecular weight excluding hydrogens is 226 g/mol. The molecule has 0 saturated carbocycles. The minimum Gasteiger partial charge on any atom is -0.376 e. The molecule has 1 aromatic carbocycles. The number of halogens is 1. The van der Waals surface area contributed by atoms with Gasteiger partial charge in [-0.15, -0.1) is 0 Å². The van der Waals surface area contributed by atoms with E-state index in [2.05, 4.69) is 0 Å². The Kier molecular flexibility index (Phi) is 3.82. The minimum absolute atomic E-state index is 0.0703. The van der Waals surface area contributed by atoms with Crippen molar-refractivity contribution in [3.63, 3.8) is 0 Å². The molecule has 1 heterocycles. The average Bonchev–Trinajstić information content (AvgIpc) is 2.15. The molecule has 16 heavy (non-hydrogen) atoms. The summed E-state index contributed by atoms with van der Waals surface area (Å²) in [4.78, 5) is 0. The fourth-order valence-electron chi connectivity index (χ4n) is 1.69. The summed E-state index contributed by atoms with van der Waals surface area (Å²) in [7, 11) is 0. The number of rotatable bonds is 4. The fourth-order valence-corrected chi connectivity index (χ4v) is 1.89. The van der Waals surface area contributed by atoms with Gasteiger partial charge in [-0.2, -0.15) is 0 Å². The van der Waals surface area contributed by atoms with Gasteiger partial charge >= 0.3 is 0 Å². The Bertz CT molecular complexity index is 353. The Morgan fingerprint density at radius 2 is 2.25 bits per heavy atom. The van der Waals surface area contributed by atoms with Crippen molar-refractivity contribution in [2.45, 2.75) is 25.2 Å². The van der Waals surface area contributed by atoms with Gasteiger partial charge in [0.2, 0.25) is 0 Å². The van der Waals surface area contributed by atoms with Gasteiger partial charge in [0.15, 0.2) is 0 Å². The normalized spacial score (nSPS) is 20.2. The molecule has 2 atom stereocenters. The Morgan fingerprint density at radius 3 is 2.75 bits per heavy atom. The van der Waals surface area contributed by atoms with Crippen molar-refractivity contribution < 1.29 is 9.47 Å². The standard InChI is InChI=1S/C12H16ClNO2/c1-8(14)12(16-11-6-15-7-11)9-3-2-4-10(13)5-9/h2-5,8,11-12H,6-7,14H2,1H3. The van der Waals surface area contributed by atoms with Crippen molar-refractivity contribution in [1.29, 1.82) is 0 Å². The Labute approximate surface area is 100 Å². The summed E-state index contributed by atoms with van der Waals surface area (Å²) in [6.45, 7) is 3.25. The lowest BCUT2D eigenvalue weighted by atomic mass is 10.0. The van der Waals surface area contributed by atoms with Crippen molar-refractivity contribution in [1.82, 2.24) is 0 Å². The molecule has 4 heteroatoms. The molecule has 2 unspecified atom stereocenters. The molecule has 0 radical (unpaired) electrons. The summed E-state index contributed by atoms with van der Waals surface area (Å²) < 4.78 is 11.0. The van der Waals surface area contributed by atoms with Crippen molar-refractivity contribution in [3.05, 3.63) is 34.9 Å². The van der Waals surface area contributed by atoms with Crippen LogP contribution in [0.2, 0.25) is 5.02 Å². The van der Waals surface area contributed by atoms with Gasteiger partial charge in [-0.1, -0.05) is 23.7 Å². The van der Waals surface area contributed by atoms with Crippen LogP contribution in [0, 0.1) is 0 Å². The smallest absolute Gasteiger partial charge is 0.105 e. The fraction of sp³-hybridized carbons (Fsp3) is 0.500. The summed E-state index contributed by atoms with van der Waals surface area (Å²) in [5.74, 6) is 0. The third-order valence-corrected chi connectivity index (χ3v) is 2.84. The maximum atomic E-state index is 5.96. The second kappa shape index (κ2) is 5.15. The van der Waals surface area contributed by atoms with Gasteiger partial charge < -0.3 is 15.2 Å². The van der Waals surface area contributed by atoms with Crippen molar-refractivity contribution in [2.75, 3.05) is 13.2 Å². The van der Waals surface area contributed by atoms with Crippen LogP contribution in [-0.2, 0) is 9.47 Å². The zero-order valence-corrected chi connectivity index (χ0v) is 9.98. The summed E-state index contributed by atoms with van der Waals surface area (Å²) >= 11 is 5.96. The summed E-state index contributed by atoms with van der Waals surface area (Å²) in [6.07, 6.45) is 0.0441. The molecule has 3 nitrogen and oxygen atoms in total. The first-order valence-electron chi connectivity index (χ1n) is 5.41.